The zero-order valence-corrected chi connectivity index (χ0v) is 18.8. The molecule has 3 rings (SSSR count). The molecule has 6 nitrogen and oxygen atoms in total. The molecule has 2 amide bonds. The predicted molar refractivity (Wildman–Crippen MR) is 117 cm³/mol. The molecule has 0 bridgehead atoms. The first-order valence-electron chi connectivity index (χ1n) is 9.55. The van der Waals surface area contributed by atoms with Crippen molar-refractivity contribution in [2.45, 2.75) is 25.9 Å². The van der Waals surface area contributed by atoms with Crippen molar-refractivity contribution in [2.24, 2.45) is 0 Å². The van der Waals surface area contributed by atoms with Gasteiger partial charge in [-0.25, -0.2) is 0 Å². The highest BCUT2D eigenvalue weighted by atomic mass is 35.5. The SMILES string of the molecule is COc1ccc(Cl)cc1C(=O)N1C[C@@H](C)N(C(=O)c2cc(Cl)ccc2OC)C[C@H]1C. The van der Waals surface area contributed by atoms with Gasteiger partial charge in [0, 0.05) is 35.2 Å². The third kappa shape index (κ3) is 4.35. The normalized spacial score (nSPS) is 18.9. The van der Waals surface area contributed by atoms with Gasteiger partial charge in [0.2, 0.25) is 0 Å². The molecule has 0 radical (unpaired) electrons. The average Bonchev–Trinajstić information content (AvgIpc) is 2.74. The van der Waals surface area contributed by atoms with Gasteiger partial charge in [-0.1, -0.05) is 23.2 Å². The average molecular weight is 451 g/mol. The van der Waals surface area contributed by atoms with Gasteiger partial charge < -0.3 is 19.3 Å². The highest BCUT2D eigenvalue weighted by Crippen LogP contribution is 2.29. The van der Waals surface area contributed by atoms with Crippen LogP contribution in [0.2, 0.25) is 10.0 Å². The van der Waals surface area contributed by atoms with Crippen molar-refractivity contribution in [3.63, 3.8) is 0 Å². The van der Waals surface area contributed by atoms with Crippen LogP contribution in [0.1, 0.15) is 34.6 Å². The minimum Gasteiger partial charge on any atom is -0.496 e. The van der Waals surface area contributed by atoms with Crippen LogP contribution in [-0.2, 0) is 0 Å². The van der Waals surface area contributed by atoms with Crippen molar-refractivity contribution in [1.82, 2.24) is 9.80 Å². The molecule has 0 aromatic heterocycles. The van der Waals surface area contributed by atoms with E-state index >= 15 is 0 Å². The number of hydrogen-bond donors (Lipinski definition) is 0. The van der Waals surface area contributed by atoms with E-state index in [1.807, 2.05) is 13.8 Å². The number of ether oxygens (including phenoxy) is 2. The molecule has 1 fully saturated rings. The van der Waals surface area contributed by atoms with Crippen molar-refractivity contribution in [2.75, 3.05) is 27.3 Å². The van der Waals surface area contributed by atoms with E-state index in [1.165, 1.54) is 14.2 Å². The molecule has 2 atom stereocenters. The van der Waals surface area contributed by atoms with Gasteiger partial charge in [0.25, 0.3) is 11.8 Å². The Morgan fingerprint density at radius 1 is 0.800 bits per heavy atom. The molecular formula is C22H24Cl2N2O4. The van der Waals surface area contributed by atoms with Gasteiger partial charge in [-0.05, 0) is 50.2 Å². The second-order valence-electron chi connectivity index (χ2n) is 7.30. The number of halogens is 2. The molecule has 1 aliphatic heterocycles. The molecule has 0 spiro atoms. The van der Waals surface area contributed by atoms with Crippen LogP contribution in [0.15, 0.2) is 36.4 Å². The zero-order valence-electron chi connectivity index (χ0n) is 17.3. The van der Waals surface area contributed by atoms with Crippen LogP contribution < -0.4 is 9.47 Å². The Labute approximate surface area is 186 Å². The Bertz CT molecular complexity index is 889. The first kappa shape index (κ1) is 22.2. The van der Waals surface area contributed by atoms with Gasteiger partial charge in [0.05, 0.1) is 25.3 Å². The number of piperazine rings is 1. The second-order valence-corrected chi connectivity index (χ2v) is 8.18. The van der Waals surface area contributed by atoms with Gasteiger partial charge >= 0.3 is 0 Å². The van der Waals surface area contributed by atoms with E-state index in [4.69, 9.17) is 32.7 Å². The van der Waals surface area contributed by atoms with Crippen LogP contribution >= 0.6 is 23.2 Å². The van der Waals surface area contributed by atoms with E-state index in [0.29, 0.717) is 45.8 Å². The lowest BCUT2D eigenvalue weighted by Gasteiger charge is -2.44. The minimum absolute atomic E-state index is 0.180. The molecule has 2 aromatic carbocycles. The van der Waals surface area contributed by atoms with Crippen LogP contribution in [0, 0.1) is 0 Å². The van der Waals surface area contributed by atoms with Crippen molar-refractivity contribution in [3.8, 4) is 11.5 Å². The highest BCUT2D eigenvalue weighted by molar-refractivity contribution is 6.31. The second kappa shape index (κ2) is 9.14. The summed E-state index contributed by atoms with van der Waals surface area (Å²) < 4.78 is 10.7. The number of methoxy groups -OCH3 is 2. The molecule has 2 aromatic rings. The molecule has 30 heavy (non-hydrogen) atoms. The number of amides is 2. The molecule has 1 aliphatic rings. The first-order chi connectivity index (χ1) is 14.3. The number of nitrogens with zero attached hydrogens (tertiary/aromatic N) is 2. The molecule has 0 saturated carbocycles. The molecule has 0 aliphatic carbocycles. The molecule has 0 unspecified atom stereocenters. The summed E-state index contributed by atoms with van der Waals surface area (Å²) in [6.45, 7) is 4.58. The molecule has 160 valence electrons. The van der Waals surface area contributed by atoms with Crippen LogP contribution in [0.25, 0.3) is 0 Å². The van der Waals surface area contributed by atoms with Gasteiger partial charge in [0.15, 0.2) is 0 Å². The Morgan fingerprint density at radius 3 is 1.50 bits per heavy atom. The lowest BCUT2D eigenvalue weighted by atomic mass is 10.0. The lowest BCUT2D eigenvalue weighted by Crippen LogP contribution is -2.59. The van der Waals surface area contributed by atoms with Crippen LogP contribution in [0.5, 0.6) is 11.5 Å². The van der Waals surface area contributed by atoms with Gasteiger partial charge in [0.1, 0.15) is 11.5 Å². The van der Waals surface area contributed by atoms with Gasteiger partial charge in [-0.2, -0.15) is 0 Å². The van der Waals surface area contributed by atoms with Crippen molar-refractivity contribution < 1.29 is 19.1 Å². The fourth-order valence-electron chi connectivity index (χ4n) is 3.70. The summed E-state index contributed by atoms with van der Waals surface area (Å²) in [4.78, 5) is 29.9. The van der Waals surface area contributed by atoms with E-state index in [2.05, 4.69) is 0 Å². The fraction of sp³-hybridized carbons (Fsp3) is 0.364. The number of benzene rings is 2. The van der Waals surface area contributed by atoms with Gasteiger partial charge in [-0.3, -0.25) is 9.59 Å². The van der Waals surface area contributed by atoms with Crippen LogP contribution in [0.3, 0.4) is 0 Å². The summed E-state index contributed by atoms with van der Waals surface area (Å²) in [6.07, 6.45) is 0. The van der Waals surface area contributed by atoms with Crippen molar-refractivity contribution in [3.05, 3.63) is 57.6 Å². The number of hydrogen-bond acceptors (Lipinski definition) is 4. The van der Waals surface area contributed by atoms with E-state index in [-0.39, 0.29) is 23.9 Å². The fourth-order valence-corrected chi connectivity index (χ4v) is 4.04. The number of carbonyl (C=O) groups is 2. The maximum atomic E-state index is 13.2. The van der Waals surface area contributed by atoms with E-state index in [0.717, 1.165) is 0 Å². The maximum absolute atomic E-state index is 13.2. The van der Waals surface area contributed by atoms with Crippen LogP contribution in [-0.4, -0.2) is 61.0 Å². The summed E-state index contributed by atoms with van der Waals surface area (Å²) in [5, 5.41) is 0.920. The Hall–Kier alpha value is -2.44. The lowest BCUT2D eigenvalue weighted by molar-refractivity contribution is 0.0266. The van der Waals surface area contributed by atoms with E-state index < -0.39 is 0 Å². The Kier molecular flexibility index (Phi) is 6.78. The maximum Gasteiger partial charge on any atom is 0.258 e. The summed E-state index contributed by atoms with van der Waals surface area (Å²) >= 11 is 12.2. The van der Waals surface area contributed by atoms with E-state index in [9.17, 15) is 9.59 Å². The largest absolute Gasteiger partial charge is 0.496 e. The monoisotopic (exact) mass is 450 g/mol. The Morgan fingerprint density at radius 2 is 1.17 bits per heavy atom. The summed E-state index contributed by atoms with van der Waals surface area (Å²) in [7, 11) is 3.03. The summed E-state index contributed by atoms with van der Waals surface area (Å²) in [5.41, 5.74) is 0.806. The van der Waals surface area contributed by atoms with Crippen molar-refractivity contribution in [1.29, 1.82) is 0 Å². The highest BCUT2D eigenvalue weighted by Gasteiger charge is 2.36. The van der Waals surface area contributed by atoms with E-state index in [1.54, 1.807) is 46.2 Å². The molecular weight excluding hydrogens is 427 g/mol. The first-order valence-corrected chi connectivity index (χ1v) is 10.3. The smallest absolute Gasteiger partial charge is 0.258 e. The number of rotatable bonds is 4. The third-order valence-corrected chi connectivity index (χ3v) is 5.76. The van der Waals surface area contributed by atoms with Gasteiger partial charge in [-0.15, -0.1) is 0 Å². The number of carbonyl (C=O) groups excluding carboxylic acids is 2. The predicted octanol–water partition coefficient (Wildman–Crippen LogP) is 4.39. The molecule has 1 heterocycles. The third-order valence-electron chi connectivity index (χ3n) is 5.29. The molecule has 1 saturated heterocycles. The van der Waals surface area contributed by atoms with Crippen molar-refractivity contribution >= 4 is 35.0 Å². The Balaban J connectivity index is 1.84. The molecule has 8 heteroatoms. The van der Waals surface area contributed by atoms with Crippen LogP contribution in [0.4, 0.5) is 0 Å². The quantitative estimate of drug-likeness (QED) is 0.692. The topological polar surface area (TPSA) is 59.1 Å². The standard InChI is InChI=1S/C22H24Cl2N2O4/c1-13-11-26(22(28)18-10-16(24)6-8-20(18)30-4)14(2)12-25(13)21(27)17-9-15(23)5-7-19(17)29-3/h5-10,13-14H,11-12H2,1-4H3/t13-,14-/m1/s1. The summed E-state index contributed by atoms with van der Waals surface area (Å²) in [5.74, 6) is 0.570. The summed E-state index contributed by atoms with van der Waals surface area (Å²) in [6, 6.07) is 9.52. The minimum atomic E-state index is -0.202. The zero-order chi connectivity index (χ0) is 22.0. The molecule has 0 N–H and O–H groups in total.